The van der Waals surface area contributed by atoms with Crippen molar-refractivity contribution < 1.29 is 37.1 Å². The number of aliphatic carboxylic acids is 1. The van der Waals surface area contributed by atoms with Gasteiger partial charge >= 0.3 is 51.5 Å². The van der Waals surface area contributed by atoms with Gasteiger partial charge in [0.2, 0.25) is 0 Å². The Kier molecular flexibility index (Phi) is 13.0. The van der Waals surface area contributed by atoms with Crippen LogP contribution < -0.4 is 0 Å². The number of rotatable bonds is 1. The van der Waals surface area contributed by atoms with Crippen molar-refractivity contribution in [1.82, 2.24) is 0 Å². The normalized spacial score (nSPS) is 11.8. The van der Waals surface area contributed by atoms with Crippen LogP contribution in [0.4, 0.5) is 0 Å². The van der Waals surface area contributed by atoms with Gasteiger partial charge in [0.15, 0.2) is 0 Å². The van der Waals surface area contributed by atoms with E-state index in [2.05, 4.69) is 0 Å². The van der Waals surface area contributed by atoms with Gasteiger partial charge in [-0.15, -0.1) is 0 Å². The van der Waals surface area contributed by atoms with E-state index in [9.17, 15) is 4.79 Å². The van der Waals surface area contributed by atoms with Crippen LogP contribution in [0.1, 0.15) is 9.78 Å². The number of phosphoric acid groups is 1. The average Bonchev–Trinajstić information content (AvgIpc) is 1.59. The molecule has 0 amide bonds. The Morgan fingerprint density at radius 1 is 1.42 bits per heavy atom. The first-order chi connectivity index (χ1) is 4.64. The summed E-state index contributed by atoms with van der Waals surface area (Å²) in [6, 6.07) is 0. The van der Waals surface area contributed by atoms with Crippen molar-refractivity contribution in [3.8, 4) is 0 Å². The molecule has 0 bridgehead atoms. The molecule has 0 aromatic rings. The SMILES string of the molecule is CC(O)C(=O)O.O=P(O)(O)O.[Ca+2].[H-].[H-]. The third-order valence-corrected chi connectivity index (χ3v) is 0.357. The predicted octanol–water partition coefficient (Wildman–Crippen LogP) is -1.63. The summed E-state index contributed by atoms with van der Waals surface area (Å²) < 4.78 is 8.88. The molecule has 5 N–H and O–H groups in total. The van der Waals surface area contributed by atoms with E-state index in [1.165, 1.54) is 6.92 Å². The van der Waals surface area contributed by atoms with Crippen LogP contribution in [0.15, 0.2) is 0 Å². The third kappa shape index (κ3) is 45.0. The van der Waals surface area contributed by atoms with E-state index in [-0.39, 0.29) is 40.6 Å². The summed E-state index contributed by atoms with van der Waals surface area (Å²) in [6.07, 6.45) is -1.23. The monoisotopic (exact) mass is 230 g/mol. The number of aliphatic hydroxyl groups is 1. The van der Waals surface area contributed by atoms with Gasteiger partial charge in [0.05, 0.1) is 0 Å². The first kappa shape index (κ1) is 18.6. The van der Waals surface area contributed by atoms with Crippen LogP contribution in [-0.4, -0.2) is 74.7 Å². The van der Waals surface area contributed by atoms with Gasteiger partial charge in [-0.1, -0.05) is 0 Å². The third-order valence-electron chi connectivity index (χ3n) is 0.357. The molecule has 0 fully saturated rings. The zero-order valence-electron chi connectivity index (χ0n) is 8.28. The topological polar surface area (TPSA) is 135 Å². The molecular formula is C3H11CaO7P. The summed E-state index contributed by atoms with van der Waals surface area (Å²) >= 11 is 0. The fraction of sp³-hybridized carbons (Fsp3) is 0.667. The second-order valence-corrected chi connectivity index (χ2v) is 2.55. The molecule has 0 aromatic carbocycles. The Labute approximate surface area is 101 Å². The van der Waals surface area contributed by atoms with Crippen molar-refractivity contribution in [2.24, 2.45) is 0 Å². The molecule has 9 heteroatoms. The molecule has 7 nitrogen and oxygen atoms in total. The molecule has 0 saturated carbocycles. The van der Waals surface area contributed by atoms with Crippen molar-refractivity contribution >= 4 is 51.5 Å². The minimum absolute atomic E-state index is 0. The number of carboxylic acid groups (broad SMARTS) is 1. The van der Waals surface area contributed by atoms with Crippen molar-refractivity contribution in [3.05, 3.63) is 0 Å². The summed E-state index contributed by atoms with van der Waals surface area (Å²) in [5, 5.41) is 15.8. The van der Waals surface area contributed by atoms with Gasteiger partial charge in [0.25, 0.3) is 0 Å². The molecule has 0 radical (unpaired) electrons. The molecule has 1 unspecified atom stereocenters. The van der Waals surface area contributed by atoms with Gasteiger partial charge in [0, 0.05) is 0 Å². The Balaban J connectivity index is -0.0000000321. The zero-order chi connectivity index (χ0) is 9.65. The molecule has 72 valence electrons. The van der Waals surface area contributed by atoms with Gasteiger partial charge in [-0.2, -0.15) is 0 Å². The maximum Gasteiger partial charge on any atom is 2.00 e. The Hall–Kier alpha value is 0.800. The summed E-state index contributed by atoms with van der Waals surface area (Å²) in [6.45, 7) is 1.20. The van der Waals surface area contributed by atoms with Crippen LogP contribution in [0.2, 0.25) is 0 Å². The standard InChI is InChI=1S/C3H6O3.Ca.H3O4P.2H/c1-2(4)3(5)6;;1-5(2,3)4;;/h2,4H,1H3,(H,5,6);;(H3,1,2,3,4);;/q;+2;;2*-1. The fourth-order valence-electron chi connectivity index (χ4n) is 0. The van der Waals surface area contributed by atoms with Crippen LogP contribution in [0.3, 0.4) is 0 Å². The predicted molar refractivity (Wildman–Crippen MR) is 41.6 cm³/mol. The van der Waals surface area contributed by atoms with Gasteiger partial charge in [-0.05, 0) is 6.92 Å². The van der Waals surface area contributed by atoms with Crippen molar-refractivity contribution in [1.29, 1.82) is 0 Å². The van der Waals surface area contributed by atoms with Gasteiger partial charge in [-0.25, -0.2) is 9.36 Å². The molecule has 0 aliphatic carbocycles. The molecular weight excluding hydrogens is 219 g/mol. The molecule has 0 rings (SSSR count). The summed E-state index contributed by atoms with van der Waals surface area (Å²) in [7, 11) is -4.64. The van der Waals surface area contributed by atoms with E-state index in [0.717, 1.165) is 0 Å². The summed E-state index contributed by atoms with van der Waals surface area (Å²) in [5.74, 6) is -1.19. The number of aliphatic hydroxyl groups excluding tert-OH is 1. The van der Waals surface area contributed by atoms with E-state index in [0.29, 0.717) is 0 Å². The largest absolute Gasteiger partial charge is 2.00 e. The smallest absolute Gasteiger partial charge is 1.00 e. The first-order valence-electron chi connectivity index (χ1n) is 2.33. The molecule has 0 aromatic heterocycles. The number of carboxylic acids is 1. The molecule has 0 spiro atoms. The van der Waals surface area contributed by atoms with Crippen LogP contribution >= 0.6 is 7.82 Å². The minimum Gasteiger partial charge on any atom is -1.00 e. The van der Waals surface area contributed by atoms with Crippen molar-refractivity contribution in [2.45, 2.75) is 13.0 Å². The van der Waals surface area contributed by atoms with Gasteiger partial charge in [-0.3, -0.25) is 0 Å². The van der Waals surface area contributed by atoms with E-state index in [1.54, 1.807) is 0 Å². The van der Waals surface area contributed by atoms with Crippen LogP contribution in [0.5, 0.6) is 0 Å². The van der Waals surface area contributed by atoms with Crippen LogP contribution in [-0.2, 0) is 9.36 Å². The molecule has 0 heterocycles. The van der Waals surface area contributed by atoms with Crippen LogP contribution in [0.25, 0.3) is 0 Å². The maximum atomic E-state index is 9.45. The molecule has 0 aliphatic rings. The summed E-state index contributed by atoms with van der Waals surface area (Å²) in [4.78, 5) is 31.0. The van der Waals surface area contributed by atoms with Gasteiger partial charge in [0.1, 0.15) is 6.10 Å². The zero-order valence-corrected chi connectivity index (χ0v) is 9.39. The second kappa shape index (κ2) is 8.40. The van der Waals surface area contributed by atoms with Crippen molar-refractivity contribution in [3.63, 3.8) is 0 Å². The summed E-state index contributed by atoms with van der Waals surface area (Å²) in [5.41, 5.74) is 0. The fourth-order valence-corrected chi connectivity index (χ4v) is 0. The Morgan fingerprint density at radius 2 is 1.50 bits per heavy atom. The number of carbonyl (C=O) groups is 1. The Morgan fingerprint density at radius 3 is 1.50 bits per heavy atom. The van der Waals surface area contributed by atoms with Crippen molar-refractivity contribution in [2.75, 3.05) is 0 Å². The average molecular weight is 230 g/mol. The van der Waals surface area contributed by atoms with Crippen LogP contribution in [0, 0.1) is 0 Å². The van der Waals surface area contributed by atoms with E-state index in [1.807, 2.05) is 0 Å². The second-order valence-electron chi connectivity index (χ2n) is 1.53. The van der Waals surface area contributed by atoms with E-state index < -0.39 is 19.9 Å². The van der Waals surface area contributed by atoms with E-state index in [4.69, 9.17) is 29.5 Å². The Bertz CT molecular complexity index is 162. The first-order valence-corrected chi connectivity index (χ1v) is 3.90. The van der Waals surface area contributed by atoms with Gasteiger partial charge < -0.3 is 27.7 Å². The molecule has 0 aliphatic heterocycles. The number of hydrogen-bond donors (Lipinski definition) is 5. The maximum absolute atomic E-state index is 9.45. The quantitative estimate of drug-likeness (QED) is 0.269. The molecule has 1 atom stereocenters. The van der Waals surface area contributed by atoms with E-state index >= 15 is 0 Å². The minimum atomic E-state index is -4.64. The molecule has 0 saturated heterocycles. The molecule has 12 heavy (non-hydrogen) atoms. The number of hydrogen-bond acceptors (Lipinski definition) is 3.